The van der Waals surface area contributed by atoms with E-state index in [1.807, 2.05) is 24.3 Å². The fourth-order valence-corrected chi connectivity index (χ4v) is 6.48. The maximum atomic E-state index is 10.3. The lowest BCUT2D eigenvalue weighted by atomic mass is 10.1. The summed E-state index contributed by atoms with van der Waals surface area (Å²) in [5.74, 6) is 3.13. The molecule has 0 aliphatic carbocycles. The number of hydrogen-bond donors (Lipinski definition) is 1. The van der Waals surface area contributed by atoms with E-state index in [1.165, 1.54) is 11.8 Å². The SMILES string of the molecule is CCCCSc1c(OCCCCC(C)C)c(C#N)c(C#N)c(OCCCCC(C)C)c1Sc1ccccc1N. The summed E-state index contributed by atoms with van der Waals surface area (Å²) in [6, 6.07) is 12.3. The number of unbranched alkanes of at least 4 members (excludes halogenated alkanes) is 3. The van der Waals surface area contributed by atoms with Crippen LogP contribution in [-0.4, -0.2) is 19.0 Å². The number of rotatable bonds is 18. The van der Waals surface area contributed by atoms with E-state index in [0.29, 0.717) is 42.2 Å². The molecule has 212 valence electrons. The summed E-state index contributed by atoms with van der Waals surface area (Å²) in [6.07, 6.45) is 8.24. The minimum atomic E-state index is 0.246. The molecule has 0 heterocycles. The zero-order valence-corrected chi connectivity index (χ0v) is 26.0. The number of benzene rings is 2. The molecule has 2 N–H and O–H groups in total. The summed E-state index contributed by atoms with van der Waals surface area (Å²) in [5, 5.41) is 20.5. The third kappa shape index (κ3) is 10.5. The van der Waals surface area contributed by atoms with Crippen LogP contribution >= 0.6 is 23.5 Å². The van der Waals surface area contributed by atoms with Gasteiger partial charge in [0.2, 0.25) is 0 Å². The van der Waals surface area contributed by atoms with E-state index in [2.05, 4.69) is 46.8 Å². The molecular formula is C32H45N3O2S2. The van der Waals surface area contributed by atoms with Crippen LogP contribution in [0.1, 0.15) is 97.1 Å². The minimum Gasteiger partial charge on any atom is -0.491 e. The van der Waals surface area contributed by atoms with Crippen molar-refractivity contribution in [2.24, 2.45) is 11.8 Å². The Morgan fingerprint density at radius 1 is 0.795 bits per heavy atom. The number of ether oxygens (including phenoxy) is 2. The van der Waals surface area contributed by atoms with Crippen molar-refractivity contribution in [3.63, 3.8) is 0 Å². The van der Waals surface area contributed by atoms with Crippen LogP contribution in [0.5, 0.6) is 11.5 Å². The summed E-state index contributed by atoms with van der Waals surface area (Å²) < 4.78 is 12.7. The van der Waals surface area contributed by atoms with Gasteiger partial charge in [-0.05, 0) is 61.8 Å². The van der Waals surface area contributed by atoms with E-state index in [1.54, 1.807) is 11.8 Å². The fourth-order valence-electron chi connectivity index (χ4n) is 4.03. The lowest BCUT2D eigenvalue weighted by molar-refractivity contribution is 0.280. The van der Waals surface area contributed by atoms with Crippen molar-refractivity contribution in [2.45, 2.75) is 101 Å². The molecule has 2 aromatic rings. The summed E-state index contributed by atoms with van der Waals surface area (Å²) in [4.78, 5) is 2.56. The highest BCUT2D eigenvalue weighted by molar-refractivity contribution is 8.02. The topological polar surface area (TPSA) is 92.1 Å². The third-order valence-electron chi connectivity index (χ3n) is 6.27. The van der Waals surface area contributed by atoms with E-state index in [4.69, 9.17) is 15.2 Å². The monoisotopic (exact) mass is 567 g/mol. The van der Waals surface area contributed by atoms with Gasteiger partial charge in [-0.15, -0.1) is 11.8 Å². The maximum absolute atomic E-state index is 10.3. The van der Waals surface area contributed by atoms with E-state index < -0.39 is 0 Å². The van der Waals surface area contributed by atoms with E-state index in [0.717, 1.165) is 71.8 Å². The Kier molecular flexibility index (Phi) is 15.1. The van der Waals surface area contributed by atoms with Crippen LogP contribution in [0.15, 0.2) is 39.0 Å². The maximum Gasteiger partial charge on any atom is 0.153 e. The Balaban J connectivity index is 2.59. The van der Waals surface area contributed by atoms with E-state index in [-0.39, 0.29) is 11.1 Å². The summed E-state index contributed by atoms with van der Waals surface area (Å²) in [6.45, 7) is 12.0. The van der Waals surface area contributed by atoms with Crippen molar-refractivity contribution in [3.8, 4) is 23.6 Å². The first-order valence-electron chi connectivity index (χ1n) is 14.3. The molecule has 39 heavy (non-hydrogen) atoms. The van der Waals surface area contributed by atoms with Crippen molar-refractivity contribution in [2.75, 3.05) is 24.7 Å². The molecule has 0 aromatic heterocycles. The Hall–Kier alpha value is -2.48. The largest absolute Gasteiger partial charge is 0.491 e. The highest BCUT2D eigenvalue weighted by atomic mass is 32.2. The highest BCUT2D eigenvalue weighted by Crippen LogP contribution is 2.51. The molecule has 0 aliphatic rings. The lowest BCUT2D eigenvalue weighted by Crippen LogP contribution is -2.08. The van der Waals surface area contributed by atoms with E-state index >= 15 is 0 Å². The van der Waals surface area contributed by atoms with Gasteiger partial charge < -0.3 is 15.2 Å². The van der Waals surface area contributed by atoms with Crippen LogP contribution in [-0.2, 0) is 0 Å². The van der Waals surface area contributed by atoms with Crippen LogP contribution in [0.3, 0.4) is 0 Å². The average Bonchev–Trinajstić information content (AvgIpc) is 2.90. The Morgan fingerprint density at radius 3 is 1.82 bits per heavy atom. The number of anilines is 1. The number of nitrogen functional groups attached to an aromatic ring is 1. The second-order valence-electron chi connectivity index (χ2n) is 10.6. The van der Waals surface area contributed by atoms with Gasteiger partial charge in [-0.25, -0.2) is 0 Å². The first kappa shape index (κ1) is 32.7. The van der Waals surface area contributed by atoms with Gasteiger partial charge in [0.25, 0.3) is 0 Å². The quantitative estimate of drug-likeness (QED) is 0.109. The number of thioether (sulfide) groups is 1. The molecular weight excluding hydrogens is 523 g/mol. The highest BCUT2D eigenvalue weighted by Gasteiger charge is 2.28. The van der Waals surface area contributed by atoms with Gasteiger partial charge in [-0.1, -0.05) is 77.8 Å². The molecule has 0 saturated carbocycles. The van der Waals surface area contributed by atoms with Crippen molar-refractivity contribution < 1.29 is 9.47 Å². The predicted octanol–water partition coefficient (Wildman–Crippen LogP) is 9.47. The second kappa shape index (κ2) is 18.0. The van der Waals surface area contributed by atoms with Crippen LogP contribution < -0.4 is 15.2 Å². The number of nitrogens with two attached hydrogens (primary N) is 1. The summed E-state index contributed by atoms with van der Waals surface area (Å²) in [5.41, 5.74) is 7.52. The van der Waals surface area contributed by atoms with Gasteiger partial charge in [0, 0.05) is 10.6 Å². The number of nitriles is 2. The van der Waals surface area contributed by atoms with Crippen LogP contribution in [0.4, 0.5) is 5.69 Å². The summed E-state index contributed by atoms with van der Waals surface area (Å²) in [7, 11) is 0. The van der Waals surface area contributed by atoms with E-state index in [9.17, 15) is 10.5 Å². The van der Waals surface area contributed by atoms with Gasteiger partial charge in [0.05, 0.1) is 23.0 Å². The molecule has 0 aliphatic heterocycles. The zero-order chi connectivity index (χ0) is 28.6. The second-order valence-corrected chi connectivity index (χ2v) is 12.8. The zero-order valence-electron chi connectivity index (χ0n) is 24.3. The van der Waals surface area contributed by atoms with Crippen LogP contribution in [0.2, 0.25) is 0 Å². The normalized spacial score (nSPS) is 11.0. The molecule has 0 bridgehead atoms. The van der Waals surface area contributed by atoms with Crippen LogP contribution in [0, 0.1) is 34.5 Å². The van der Waals surface area contributed by atoms with Gasteiger partial charge in [-0.3, -0.25) is 0 Å². The number of hydrogen-bond acceptors (Lipinski definition) is 7. The molecule has 2 rings (SSSR count). The Morgan fingerprint density at radius 2 is 1.33 bits per heavy atom. The molecule has 0 amide bonds. The van der Waals surface area contributed by atoms with Crippen molar-refractivity contribution in [1.82, 2.24) is 0 Å². The van der Waals surface area contributed by atoms with Gasteiger partial charge >= 0.3 is 0 Å². The van der Waals surface area contributed by atoms with Gasteiger partial charge in [0.15, 0.2) is 11.5 Å². The molecule has 0 radical (unpaired) electrons. The molecule has 0 fully saturated rings. The van der Waals surface area contributed by atoms with Gasteiger partial charge in [-0.2, -0.15) is 10.5 Å². The Labute approximate surface area is 244 Å². The molecule has 2 aromatic carbocycles. The van der Waals surface area contributed by atoms with Crippen molar-refractivity contribution in [3.05, 3.63) is 35.4 Å². The first-order valence-corrected chi connectivity index (χ1v) is 16.1. The van der Waals surface area contributed by atoms with Gasteiger partial charge in [0.1, 0.15) is 23.3 Å². The minimum absolute atomic E-state index is 0.246. The standard InChI is InChI=1S/C32H45N3O2S2/c1-6-7-20-38-31-29(36-18-12-10-14-23(2)3)25(21-33)26(22-34)30(37-19-13-11-15-24(4)5)32(31)39-28-17-9-8-16-27(28)35/h8-9,16-17,23-24H,6-7,10-15,18-20,35H2,1-5H3. The van der Waals surface area contributed by atoms with Crippen LogP contribution in [0.25, 0.3) is 0 Å². The molecule has 0 atom stereocenters. The predicted molar refractivity (Wildman–Crippen MR) is 165 cm³/mol. The van der Waals surface area contributed by atoms with Crippen molar-refractivity contribution >= 4 is 29.2 Å². The number of para-hydroxylation sites is 1. The molecule has 0 saturated heterocycles. The summed E-state index contributed by atoms with van der Waals surface area (Å²) >= 11 is 3.17. The molecule has 0 unspecified atom stereocenters. The molecule has 7 heteroatoms. The number of nitrogens with zero attached hydrogens (tertiary/aromatic N) is 2. The molecule has 0 spiro atoms. The Bertz CT molecular complexity index is 1120. The smallest absolute Gasteiger partial charge is 0.153 e. The third-order valence-corrected chi connectivity index (χ3v) is 8.75. The fraction of sp³-hybridized carbons (Fsp3) is 0.562. The van der Waals surface area contributed by atoms with Crippen molar-refractivity contribution in [1.29, 1.82) is 10.5 Å². The lowest BCUT2D eigenvalue weighted by Gasteiger charge is -2.22. The average molecular weight is 568 g/mol. The molecule has 5 nitrogen and oxygen atoms in total. The first-order chi connectivity index (χ1) is 18.8.